The zero-order valence-electron chi connectivity index (χ0n) is 15.7. The van der Waals surface area contributed by atoms with Crippen molar-refractivity contribution in [2.24, 2.45) is 4.99 Å². The Bertz CT molecular complexity index is 728. The lowest BCUT2D eigenvalue weighted by Gasteiger charge is -2.13. The molecule has 0 saturated carbocycles. The Balaban J connectivity index is 1.77. The molecule has 0 aliphatic carbocycles. The maximum atomic E-state index is 12.0. The molecule has 0 spiro atoms. The van der Waals surface area contributed by atoms with Crippen LogP contribution in [0.15, 0.2) is 53.8 Å². The largest absolute Gasteiger partial charge is 0.356 e. The fourth-order valence-corrected chi connectivity index (χ4v) is 2.54. The Morgan fingerprint density at radius 3 is 2.38 bits per heavy atom. The molecular weight excluding hydrogens is 326 g/mol. The summed E-state index contributed by atoms with van der Waals surface area (Å²) in [7, 11) is 5.28. The van der Waals surface area contributed by atoms with Crippen LogP contribution in [0, 0.1) is 0 Å². The number of rotatable bonds is 7. The number of nitrogens with one attached hydrogen (secondary N) is 2. The molecule has 2 aromatic rings. The predicted octanol–water partition coefficient (Wildman–Crippen LogP) is 1.73. The molecule has 1 amide bonds. The van der Waals surface area contributed by atoms with Crippen molar-refractivity contribution in [1.82, 2.24) is 20.5 Å². The number of aromatic nitrogens is 1. The van der Waals surface area contributed by atoms with Crippen LogP contribution in [-0.2, 0) is 12.8 Å². The van der Waals surface area contributed by atoms with E-state index in [1.165, 1.54) is 5.56 Å². The standard InChI is InChI=1S/C20H27N5O/c1-21-20(24-13-10-17-7-5-11-22-15-17)23-12-9-16-6-4-8-18(14-16)19(26)25(2)3/h4-8,11,14-15H,9-10,12-13H2,1-3H3,(H2,21,23,24). The van der Waals surface area contributed by atoms with Gasteiger partial charge in [0.1, 0.15) is 0 Å². The Morgan fingerprint density at radius 1 is 1.08 bits per heavy atom. The van der Waals surface area contributed by atoms with Crippen LogP contribution in [0.5, 0.6) is 0 Å². The van der Waals surface area contributed by atoms with Crippen LogP contribution in [0.1, 0.15) is 21.5 Å². The molecule has 1 aromatic heterocycles. The van der Waals surface area contributed by atoms with Gasteiger partial charge < -0.3 is 15.5 Å². The van der Waals surface area contributed by atoms with Crippen LogP contribution in [0.2, 0.25) is 0 Å². The third-order valence-corrected chi connectivity index (χ3v) is 3.94. The molecule has 1 heterocycles. The van der Waals surface area contributed by atoms with Crippen LogP contribution in [0.3, 0.4) is 0 Å². The molecule has 6 nitrogen and oxygen atoms in total. The van der Waals surface area contributed by atoms with Crippen molar-refractivity contribution in [2.75, 3.05) is 34.2 Å². The van der Waals surface area contributed by atoms with E-state index in [1.807, 2.05) is 36.5 Å². The Morgan fingerprint density at radius 2 is 1.77 bits per heavy atom. The number of pyridine rings is 1. The summed E-state index contributed by atoms with van der Waals surface area (Å²) in [5.74, 6) is 0.794. The molecule has 138 valence electrons. The van der Waals surface area contributed by atoms with Crippen molar-refractivity contribution >= 4 is 11.9 Å². The number of hydrogen-bond acceptors (Lipinski definition) is 3. The highest BCUT2D eigenvalue weighted by molar-refractivity contribution is 5.94. The van der Waals surface area contributed by atoms with E-state index in [-0.39, 0.29) is 5.91 Å². The van der Waals surface area contributed by atoms with Gasteiger partial charge in [-0.15, -0.1) is 0 Å². The van der Waals surface area contributed by atoms with E-state index >= 15 is 0 Å². The van der Waals surface area contributed by atoms with Crippen LogP contribution < -0.4 is 10.6 Å². The smallest absolute Gasteiger partial charge is 0.253 e. The first-order valence-corrected chi connectivity index (χ1v) is 8.74. The van der Waals surface area contributed by atoms with Crippen LogP contribution >= 0.6 is 0 Å². The number of amides is 1. The first-order valence-electron chi connectivity index (χ1n) is 8.74. The van der Waals surface area contributed by atoms with Gasteiger partial charge in [-0.2, -0.15) is 0 Å². The maximum absolute atomic E-state index is 12.0. The van der Waals surface area contributed by atoms with E-state index in [0.29, 0.717) is 5.56 Å². The number of carbonyl (C=O) groups is 1. The van der Waals surface area contributed by atoms with E-state index in [9.17, 15) is 4.79 Å². The van der Waals surface area contributed by atoms with E-state index in [4.69, 9.17) is 0 Å². The Labute approximate surface area is 155 Å². The van der Waals surface area contributed by atoms with Crippen molar-refractivity contribution in [2.45, 2.75) is 12.8 Å². The zero-order valence-corrected chi connectivity index (χ0v) is 15.7. The third-order valence-electron chi connectivity index (χ3n) is 3.94. The summed E-state index contributed by atoms with van der Waals surface area (Å²) in [4.78, 5) is 22.0. The first kappa shape index (κ1) is 19.4. The number of nitrogens with zero attached hydrogens (tertiary/aromatic N) is 3. The van der Waals surface area contributed by atoms with Crippen molar-refractivity contribution in [3.8, 4) is 0 Å². The second-order valence-electron chi connectivity index (χ2n) is 6.19. The van der Waals surface area contributed by atoms with E-state index in [1.54, 1.807) is 32.2 Å². The highest BCUT2D eigenvalue weighted by Gasteiger charge is 2.08. The average Bonchev–Trinajstić information content (AvgIpc) is 2.67. The average molecular weight is 353 g/mol. The Kier molecular flexibility index (Phi) is 7.61. The van der Waals surface area contributed by atoms with E-state index < -0.39 is 0 Å². The van der Waals surface area contributed by atoms with Gasteiger partial charge in [0.15, 0.2) is 5.96 Å². The van der Waals surface area contributed by atoms with Crippen LogP contribution in [0.25, 0.3) is 0 Å². The highest BCUT2D eigenvalue weighted by Crippen LogP contribution is 2.07. The molecule has 0 atom stereocenters. The molecule has 1 aromatic carbocycles. The summed E-state index contributed by atoms with van der Waals surface area (Å²) in [6, 6.07) is 11.8. The quantitative estimate of drug-likeness (QED) is 0.588. The van der Waals surface area contributed by atoms with Crippen LogP contribution in [-0.4, -0.2) is 56.0 Å². The van der Waals surface area contributed by atoms with Gasteiger partial charge in [0.25, 0.3) is 5.91 Å². The lowest BCUT2D eigenvalue weighted by atomic mass is 10.1. The SMILES string of the molecule is CN=C(NCCc1cccnc1)NCCc1cccc(C(=O)N(C)C)c1. The number of guanidine groups is 1. The van der Waals surface area contributed by atoms with Gasteiger partial charge in [-0.1, -0.05) is 18.2 Å². The second kappa shape index (κ2) is 10.2. The lowest BCUT2D eigenvalue weighted by Crippen LogP contribution is -2.39. The summed E-state index contributed by atoms with van der Waals surface area (Å²) in [5, 5.41) is 6.60. The minimum absolute atomic E-state index is 0.0210. The van der Waals surface area contributed by atoms with Gasteiger partial charge in [-0.05, 0) is 42.2 Å². The summed E-state index contributed by atoms with van der Waals surface area (Å²) < 4.78 is 0. The first-order chi connectivity index (χ1) is 12.6. The molecule has 0 radical (unpaired) electrons. The Hall–Kier alpha value is -2.89. The van der Waals surface area contributed by atoms with Gasteiger partial charge in [0, 0.05) is 52.2 Å². The van der Waals surface area contributed by atoms with Crippen molar-refractivity contribution < 1.29 is 4.79 Å². The van der Waals surface area contributed by atoms with Crippen molar-refractivity contribution in [3.05, 3.63) is 65.5 Å². The molecule has 0 fully saturated rings. The molecular formula is C20H27N5O. The minimum atomic E-state index is 0.0210. The minimum Gasteiger partial charge on any atom is -0.356 e. The topological polar surface area (TPSA) is 69.6 Å². The lowest BCUT2D eigenvalue weighted by molar-refractivity contribution is 0.0827. The monoisotopic (exact) mass is 353 g/mol. The number of benzene rings is 1. The molecule has 0 saturated heterocycles. The predicted molar refractivity (Wildman–Crippen MR) is 105 cm³/mol. The molecule has 0 aliphatic heterocycles. The number of hydrogen-bond donors (Lipinski definition) is 2. The molecule has 0 unspecified atom stereocenters. The van der Waals surface area contributed by atoms with Gasteiger partial charge in [0.05, 0.1) is 0 Å². The molecule has 6 heteroatoms. The molecule has 2 rings (SSSR count). The van der Waals surface area contributed by atoms with Gasteiger partial charge in [0.2, 0.25) is 0 Å². The second-order valence-corrected chi connectivity index (χ2v) is 6.19. The fourth-order valence-electron chi connectivity index (χ4n) is 2.54. The van der Waals surface area contributed by atoms with Crippen LogP contribution in [0.4, 0.5) is 0 Å². The molecule has 26 heavy (non-hydrogen) atoms. The van der Waals surface area contributed by atoms with Gasteiger partial charge >= 0.3 is 0 Å². The highest BCUT2D eigenvalue weighted by atomic mass is 16.2. The molecule has 0 bridgehead atoms. The number of carbonyl (C=O) groups excluding carboxylic acids is 1. The van der Waals surface area contributed by atoms with E-state index in [0.717, 1.165) is 37.5 Å². The van der Waals surface area contributed by atoms with Crippen molar-refractivity contribution in [1.29, 1.82) is 0 Å². The summed E-state index contributed by atoms with van der Waals surface area (Å²) in [6.45, 7) is 1.53. The normalized spacial score (nSPS) is 11.1. The van der Waals surface area contributed by atoms with Crippen molar-refractivity contribution in [3.63, 3.8) is 0 Å². The maximum Gasteiger partial charge on any atom is 0.253 e. The summed E-state index contributed by atoms with van der Waals surface area (Å²) in [6.07, 6.45) is 5.36. The van der Waals surface area contributed by atoms with Gasteiger partial charge in [-0.3, -0.25) is 14.8 Å². The summed E-state index contributed by atoms with van der Waals surface area (Å²) in [5.41, 5.74) is 3.03. The van der Waals surface area contributed by atoms with Gasteiger partial charge in [-0.25, -0.2) is 0 Å². The molecule has 2 N–H and O–H groups in total. The van der Waals surface area contributed by atoms with E-state index in [2.05, 4.69) is 26.7 Å². The molecule has 0 aliphatic rings. The zero-order chi connectivity index (χ0) is 18.8. The fraction of sp³-hybridized carbons (Fsp3) is 0.350. The third kappa shape index (κ3) is 6.20. The number of aliphatic imine (C=N–C) groups is 1. The summed E-state index contributed by atoms with van der Waals surface area (Å²) >= 11 is 0.